The summed E-state index contributed by atoms with van der Waals surface area (Å²) in [5.41, 5.74) is 1.55. The number of aryl methyl sites for hydroxylation is 1. The fraction of sp³-hybridized carbons (Fsp3) is 0.500. The number of anilines is 1. The van der Waals surface area contributed by atoms with Crippen molar-refractivity contribution in [3.63, 3.8) is 0 Å². The largest absolute Gasteiger partial charge is 0.351 e. The van der Waals surface area contributed by atoms with E-state index in [9.17, 15) is 22.4 Å². The number of amides is 2. The number of nitrogens with one attached hydrogen (secondary N) is 2. The third kappa shape index (κ3) is 6.59. The van der Waals surface area contributed by atoms with Crippen LogP contribution >= 0.6 is 0 Å². The lowest BCUT2D eigenvalue weighted by molar-refractivity contribution is -0.127. The summed E-state index contributed by atoms with van der Waals surface area (Å²) < 4.78 is 43.7. The molecule has 2 amide bonds. The molecule has 4 rings (SSSR count). The van der Waals surface area contributed by atoms with E-state index in [4.69, 9.17) is 0 Å². The van der Waals surface area contributed by atoms with Crippen molar-refractivity contribution in [3.8, 4) is 0 Å². The summed E-state index contributed by atoms with van der Waals surface area (Å²) in [7, 11) is -3.88. The highest BCUT2D eigenvalue weighted by Gasteiger charge is 2.46. The fourth-order valence-electron chi connectivity index (χ4n) is 5.16. The predicted octanol–water partition coefficient (Wildman–Crippen LogP) is 3.83. The number of nitrogens with zero attached hydrogens (tertiary/aromatic N) is 2. The minimum Gasteiger partial charge on any atom is -0.351 e. The topological polar surface area (TPSA) is 98.6 Å². The summed E-state index contributed by atoms with van der Waals surface area (Å²) in [6.07, 6.45) is 4.86. The molecule has 38 heavy (non-hydrogen) atoms. The maximum Gasteiger partial charge on any atom is 0.280 e. The molecule has 1 aliphatic heterocycles. The van der Waals surface area contributed by atoms with Crippen molar-refractivity contribution in [2.24, 2.45) is 5.92 Å². The van der Waals surface area contributed by atoms with Crippen molar-refractivity contribution in [3.05, 3.63) is 65.5 Å². The Kier molecular flexibility index (Phi) is 8.85. The lowest BCUT2D eigenvalue weighted by Crippen LogP contribution is -2.50. The first-order valence-corrected chi connectivity index (χ1v) is 14.7. The van der Waals surface area contributed by atoms with Crippen LogP contribution in [0, 0.1) is 18.7 Å². The zero-order valence-corrected chi connectivity index (χ0v) is 23.0. The van der Waals surface area contributed by atoms with Crippen LogP contribution in [0.1, 0.15) is 63.1 Å². The number of carbonyl (C=O) groups excluding carboxylic acids is 2. The minimum atomic E-state index is -3.88. The molecule has 3 atom stereocenters. The fourth-order valence-corrected chi connectivity index (χ4v) is 6.58. The van der Waals surface area contributed by atoms with E-state index in [-0.39, 0.29) is 29.6 Å². The zero-order chi connectivity index (χ0) is 27.4. The van der Waals surface area contributed by atoms with Crippen molar-refractivity contribution in [2.45, 2.75) is 71.0 Å². The van der Waals surface area contributed by atoms with Gasteiger partial charge in [0.1, 0.15) is 11.9 Å². The predicted molar refractivity (Wildman–Crippen MR) is 145 cm³/mol. The summed E-state index contributed by atoms with van der Waals surface area (Å²) in [6.45, 7) is 5.55. The molecule has 1 heterocycles. The molecule has 2 aromatic rings. The molecule has 10 heteroatoms. The molecular formula is C28H37FN4O4S. The van der Waals surface area contributed by atoms with E-state index >= 15 is 0 Å². The quantitative estimate of drug-likeness (QED) is 0.444. The molecule has 0 radical (unpaired) electrons. The number of benzene rings is 2. The molecule has 2 fully saturated rings. The highest BCUT2D eigenvalue weighted by molar-refractivity contribution is 7.87. The number of halogens is 1. The molecule has 1 unspecified atom stereocenters. The molecule has 2 aliphatic rings. The van der Waals surface area contributed by atoms with Gasteiger partial charge in [-0.05, 0) is 55.0 Å². The SMILES string of the molecule is Cc1ccccc1[C@@H](C(=O)NC1CCCCC1)N(C(=O)CNS(=O)(=O)N1C[C@H]1C(C)C)c1cccc(F)c1. The van der Waals surface area contributed by atoms with Gasteiger partial charge in [-0.25, -0.2) is 4.39 Å². The average Bonchev–Trinajstić information content (AvgIpc) is 3.70. The van der Waals surface area contributed by atoms with Gasteiger partial charge in [0.25, 0.3) is 10.2 Å². The molecule has 0 spiro atoms. The van der Waals surface area contributed by atoms with Crippen molar-refractivity contribution in [2.75, 3.05) is 18.0 Å². The molecule has 0 bridgehead atoms. The Bertz CT molecular complexity index is 1260. The van der Waals surface area contributed by atoms with Gasteiger partial charge in [-0.3, -0.25) is 14.5 Å². The van der Waals surface area contributed by atoms with Gasteiger partial charge in [-0.15, -0.1) is 0 Å². The van der Waals surface area contributed by atoms with Crippen molar-refractivity contribution in [1.29, 1.82) is 0 Å². The Balaban J connectivity index is 1.67. The van der Waals surface area contributed by atoms with Gasteiger partial charge in [0.05, 0.1) is 6.54 Å². The molecule has 206 valence electrons. The summed E-state index contributed by atoms with van der Waals surface area (Å²) in [5, 5.41) is 3.11. The van der Waals surface area contributed by atoms with Crippen LogP contribution in [-0.2, 0) is 19.8 Å². The first-order chi connectivity index (χ1) is 18.1. The Morgan fingerprint density at radius 1 is 1.08 bits per heavy atom. The van der Waals surface area contributed by atoms with E-state index in [0.717, 1.165) is 37.7 Å². The third-order valence-corrected chi connectivity index (χ3v) is 8.93. The van der Waals surface area contributed by atoms with Crippen molar-refractivity contribution >= 4 is 27.7 Å². The molecular weight excluding hydrogens is 507 g/mol. The van der Waals surface area contributed by atoms with E-state index in [2.05, 4.69) is 10.0 Å². The van der Waals surface area contributed by atoms with Crippen LogP contribution in [0.2, 0.25) is 0 Å². The lowest BCUT2D eigenvalue weighted by Gasteiger charge is -2.34. The van der Waals surface area contributed by atoms with Gasteiger partial charge in [0.2, 0.25) is 11.8 Å². The highest BCUT2D eigenvalue weighted by atomic mass is 32.2. The Labute approximate surface area is 224 Å². The second kappa shape index (κ2) is 11.9. The molecule has 2 aromatic carbocycles. The van der Waals surface area contributed by atoms with Gasteiger partial charge in [-0.2, -0.15) is 17.4 Å². The maximum absolute atomic E-state index is 14.4. The standard InChI is InChI=1S/C28H37FN4O4S/c1-19(2)25-18-32(25)38(36,37)30-17-26(34)33(23-14-9-11-21(29)16-23)27(24-15-8-7-10-20(24)3)28(35)31-22-12-5-4-6-13-22/h7-11,14-16,19,22,25,27,30H,4-6,12-13,17-18H2,1-3H3,(H,31,35)/t25-,27-,32?/m0/s1. The van der Waals surface area contributed by atoms with Crippen LogP contribution in [-0.4, -0.2) is 49.7 Å². The molecule has 1 aliphatic carbocycles. The summed E-state index contributed by atoms with van der Waals surface area (Å²) in [6, 6.07) is 11.5. The van der Waals surface area contributed by atoms with Gasteiger partial charge in [0, 0.05) is 24.3 Å². The van der Waals surface area contributed by atoms with Crippen LogP contribution in [0.3, 0.4) is 0 Å². The first-order valence-electron chi connectivity index (χ1n) is 13.3. The zero-order valence-electron chi connectivity index (χ0n) is 22.2. The van der Waals surface area contributed by atoms with Crippen LogP contribution in [0.4, 0.5) is 10.1 Å². The molecule has 2 N–H and O–H groups in total. The van der Waals surface area contributed by atoms with Crippen LogP contribution in [0.25, 0.3) is 0 Å². The summed E-state index contributed by atoms with van der Waals surface area (Å²) >= 11 is 0. The van der Waals surface area contributed by atoms with Crippen molar-refractivity contribution < 1.29 is 22.4 Å². The number of carbonyl (C=O) groups is 2. The second-order valence-electron chi connectivity index (χ2n) is 10.6. The van der Waals surface area contributed by atoms with E-state index < -0.39 is 34.5 Å². The second-order valence-corrected chi connectivity index (χ2v) is 12.3. The van der Waals surface area contributed by atoms with Gasteiger partial charge in [-0.1, -0.05) is 63.4 Å². The van der Waals surface area contributed by atoms with Crippen molar-refractivity contribution in [1.82, 2.24) is 14.3 Å². The summed E-state index contributed by atoms with van der Waals surface area (Å²) in [4.78, 5) is 28.8. The van der Waals surface area contributed by atoms with E-state index in [1.807, 2.05) is 32.9 Å². The van der Waals surface area contributed by atoms with E-state index in [1.54, 1.807) is 18.2 Å². The molecule has 0 aromatic heterocycles. The number of rotatable bonds is 10. The lowest BCUT2D eigenvalue weighted by atomic mass is 9.93. The minimum absolute atomic E-state index is 0.0126. The smallest absolute Gasteiger partial charge is 0.280 e. The van der Waals surface area contributed by atoms with E-state index in [1.165, 1.54) is 27.4 Å². The Hall–Kier alpha value is -2.82. The normalized spacial score (nSPS) is 20.7. The van der Waals surface area contributed by atoms with Crippen LogP contribution < -0.4 is 14.9 Å². The maximum atomic E-state index is 14.4. The highest BCUT2D eigenvalue weighted by Crippen LogP contribution is 2.32. The molecule has 1 saturated heterocycles. The van der Waals surface area contributed by atoms with Gasteiger partial charge >= 0.3 is 0 Å². The Morgan fingerprint density at radius 3 is 2.42 bits per heavy atom. The van der Waals surface area contributed by atoms with Crippen LogP contribution in [0.5, 0.6) is 0 Å². The Morgan fingerprint density at radius 2 is 1.79 bits per heavy atom. The molecule has 1 saturated carbocycles. The van der Waals surface area contributed by atoms with Crippen LogP contribution in [0.15, 0.2) is 48.5 Å². The number of hydrogen-bond acceptors (Lipinski definition) is 4. The monoisotopic (exact) mass is 544 g/mol. The van der Waals surface area contributed by atoms with E-state index in [0.29, 0.717) is 12.1 Å². The third-order valence-electron chi connectivity index (χ3n) is 7.38. The molecule has 8 nitrogen and oxygen atoms in total. The van der Waals surface area contributed by atoms with Gasteiger partial charge in [0.15, 0.2) is 0 Å². The first kappa shape index (κ1) is 28.2. The average molecular weight is 545 g/mol. The number of hydrogen-bond donors (Lipinski definition) is 2. The summed E-state index contributed by atoms with van der Waals surface area (Å²) in [5.74, 6) is -1.45. The van der Waals surface area contributed by atoms with Gasteiger partial charge < -0.3 is 5.32 Å².